The van der Waals surface area contributed by atoms with Crippen molar-refractivity contribution in [3.05, 3.63) is 77.5 Å². The predicted molar refractivity (Wildman–Crippen MR) is 121 cm³/mol. The van der Waals surface area contributed by atoms with Gasteiger partial charge in [0, 0.05) is 25.7 Å². The molecule has 0 spiro atoms. The van der Waals surface area contributed by atoms with E-state index in [9.17, 15) is 9.59 Å². The zero-order valence-corrected chi connectivity index (χ0v) is 18.1. The SMILES string of the molecule is COc1ccc(CNC(=O)CCCN2C(=O)c3cccnc3Oc3ccc(C)cc32)cc1. The van der Waals surface area contributed by atoms with Crippen molar-refractivity contribution in [3.8, 4) is 17.4 Å². The van der Waals surface area contributed by atoms with Crippen molar-refractivity contribution in [2.75, 3.05) is 18.6 Å². The highest BCUT2D eigenvalue weighted by molar-refractivity contribution is 6.09. The highest BCUT2D eigenvalue weighted by atomic mass is 16.5. The van der Waals surface area contributed by atoms with Gasteiger partial charge in [-0.15, -0.1) is 0 Å². The molecule has 1 aromatic heterocycles. The van der Waals surface area contributed by atoms with Gasteiger partial charge in [0.25, 0.3) is 5.91 Å². The molecule has 0 radical (unpaired) electrons. The molecule has 0 atom stereocenters. The highest BCUT2D eigenvalue weighted by Gasteiger charge is 2.28. The van der Waals surface area contributed by atoms with Crippen molar-refractivity contribution in [1.29, 1.82) is 0 Å². The van der Waals surface area contributed by atoms with Crippen LogP contribution in [0.5, 0.6) is 17.4 Å². The molecular formula is C25H25N3O4. The third-order valence-corrected chi connectivity index (χ3v) is 5.29. The summed E-state index contributed by atoms with van der Waals surface area (Å²) in [5.41, 5.74) is 3.10. The number of aryl methyl sites for hydroxylation is 1. The Labute approximate surface area is 187 Å². The van der Waals surface area contributed by atoms with Crippen molar-refractivity contribution in [2.24, 2.45) is 0 Å². The third-order valence-electron chi connectivity index (χ3n) is 5.29. The van der Waals surface area contributed by atoms with Gasteiger partial charge in [-0.05, 0) is 60.9 Å². The van der Waals surface area contributed by atoms with Crippen LogP contribution < -0.4 is 19.7 Å². The number of pyridine rings is 1. The van der Waals surface area contributed by atoms with Crippen molar-refractivity contribution in [1.82, 2.24) is 10.3 Å². The number of carbonyl (C=O) groups excluding carboxylic acids is 2. The minimum atomic E-state index is -0.184. The normalized spacial score (nSPS) is 12.3. The van der Waals surface area contributed by atoms with Gasteiger partial charge in [0.1, 0.15) is 11.3 Å². The maximum absolute atomic E-state index is 13.2. The quantitative estimate of drug-likeness (QED) is 0.605. The van der Waals surface area contributed by atoms with E-state index in [2.05, 4.69) is 10.3 Å². The number of aromatic nitrogens is 1. The lowest BCUT2D eigenvalue weighted by Gasteiger charge is -2.22. The van der Waals surface area contributed by atoms with E-state index in [1.165, 1.54) is 0 Å². The average Bonchev–Trinajstić information content (AvgIpc) is 2.92. The molecule has 2 amide bonds. The molecule has 1 aliphatic heterocycles. The van der Waals surface area contributed by atoms with Gasteiger partial charge in [0.2, 0.25) is 11.8 Å². The molecule has 2 aromatic carbocycles. The van der Waals surface area contributed by atoms with E-state index in [1.807, 2.05) is 49.4 Å². The minimum absolute atomic E-state index is 0.0640. The van der Waals surface area contributed by atoms with Crippen LogP contribution in [0, 0.1) is 6.92 Å². The number of hydrogen-bond acceptors (Lipinski definition) is 5. The number of methoxy groups -OCH3 is 1. The number of nitrogens with zero attached hydrogens (tertiary/aromatic N) is 2. The van der Waals surface area contributed by atoms with Crippen LogP contribution in [-0.4, -0.2) is 30.5 Å². The molecule has 2 heterocycles. The van der Waals surface area contributed by atoms with E-state index in [-0.39, 0.29) is 11.8 Å². The highest BCUT2D eigenvalue weighted by Crippen LogP contribution is 2.38. The Morgan fingerprint density at radius 2 is 1.97 bits per heavy atom. The van der Waals surface area contributed by atoms with Gasteiger partial charge in [0.15, 0.2) is 5.75 Å². The molecule has 164 valence electrons. The molecule has 1 aliphatic rings. The number of nitrogens with one attached hydrogen (secondary N) is 1. The molecule has 7 heteroatoms. The molecule has 0 saturated heterocycles. The van der Waals surface area contributed by atoms with Crippen LogP contribution in [0.1, 0.15) is 34.3 Å². The van der Waals surface area contributed by atoms with Crippen LogP contribution >= 0.6 is 0 Å². The minimum Gasteiger partial charge on any atom is -0.497 e. The van der Waals surface area contributed by atoms with Gasteiger partial charge < -0.3 is 19.7 Å². The molecule has 0 aliphatic carbocycles. The van der Waals surface area contributed by atoms with E-state index in [1.54, 1.807) is 30.3 Å². The van der Waals surface area contributed by atoms with Crippen LogP contribution in [0.2, 0.25) is 0 Å². The van der Waals surface area contributed by atoms with Gasteiger partial charge in [-0.25, -0.2) is 4.98 Å². The zero-order chi connectivity index (χ0) is 22.5. The van der Waals surface area contributed by atoms with E-state index < -0.39 is 0 Å². The van der Waals surface area contributed by atoms with Gasteiger partial charge in [-0.2, -0.15) is 0 Å². The lowest BCUT2D eigenvalue weighted by Crippen LogP contribution is -2.32. The lowest BCUT2D eigenvalue weighted by atomic mass is 10.1. The molecule has 0 unspecified atom stereocenters. The number of rotatable bonds is 7. The molecule has 3 aromatic rings. The molecule has 32 heavy (non-hydrogen) atoms. The van der Waals surface area contributed by atoms with E-state index >= 15 is 0 Å². The van der Waals surface area contributed by atoms with E-state index in [0.29, 0.717) is 48.8 Å². The molecule has 0 fully saturated rings. The molecule has 0 saturated carbocycles. The summed E-state index contributed by atoms with van der Waals surface area (Å²) in [5.74, 6) is 1.40. The first kappa shape index (κ1) is 21.4. The number of anilines is 1. The van der Waals surface area contributed by atoms with E-state index in [0.717, 1.165) is 16.9 Å². The monoisotopic (exact) mass is 431 g/mol. The van der Waals surface area contributed by atoms with Gasteiger partial charge >= 0.3 is 0 Å². The van der Waals surface area contributed by atoms with Gasteiger partial charge in [0.05, 0.1) is 12.8 Å². The summed E-state index contributed by atoms with van der Waals surface area (Å²) in [6, 6.07) is 16.7. The smallest absolute Gasteiger partial charge is 0.263 e. The molecule has 4 rings (SSSR count). The number of fused-ring (bicyclic) bond motifs is 2. The molecular weight excluding hydrogens is 406 g/mol. The Balaban J connectivity index is 1.41. The topological polar surface area (TPSA) is 80.8 Å². The average molecular weight is 431 g/mol. The Bertz CT molecular complexity index is 1130. The Morgan fingerprint density at radius 1 is 1.16 bits per heavy atom. The number of ether oxygens (including phenoxy) is 2. The Morgan fingerprint density at radius 3 is 2.75 bits per heavy atom. The summed E-state index contributed by atoms with van der Waals surface area (Å²) >= 11 is 0. The van der Waals surface area contributed by atoms with Crippen molar-refractivity contribution < 1.29 is 19.1 Å². The van der Waals surface area contributed by atoms with Crippen LogP contribution in [0.4, 0.5) is 5.69 Å². The Hall–Kier alpha value is -3.87. The second-order valence-electron chi connectivity index (χ2n) is 7.61. The maximum Gasteiger partial charge on any atom is 0.263 e. The largest absolute Gasteiger partial charge is 0.497 e. The molecule has 7 nitrogen and oxygen atoms in total. The fourth-order valence-electron chi connectivity index (χ4n) is 3.57. The summed E-state index contributed by atoms with van der Waals surface area (Å²) in [7, 11) is 1.62. The first-order valence-electron chi connectivity index (χ1n) is 10.5. The van der Waals surface area contributed by atoms with Gasteiger partial charge in [-0.3, -0.25) is 9.59 Å². The van der Waals surface area contributed by atoms with Crippen LogP contribution in [0.15, 0.2) is 60.8 Å². The first-order valence-corrected chi connectivity index (χ1v) is 10.5. The summed E-state index contributed by atoms with van der Waals surface area (Å²) in [4.78, 5) is 31.5. The third kappa shape index (κ3) is 4.72. The van der Waals surface area contributed by atoms with Crippen molar-refractivity contribution >= 4 is 17.5 Å². The van der Waals surface area contributed by atoms with Crippen LogP contribution in [-0.2, 0) is 11.3 Å². The summed E-state index contributed by atoms with van der Waals surface area (Å²) in [6.45, 7) is 2.80. The van der Waals surface area contributed by atoms with E-state index in [4.69, 9.17) is 9.47 Å². The fraction of sp³-hybridized carbons (Fsp3) is 0.240. The number of benzene rings is 2. The van der Waals surface area contributed by atoms with Gasteiger partial charge in [-0.1, -0.05) is 18.2 Å². The number of carbonyl (C=O) groups is 2. The first-order chi connectivity index (χ1) is 15.5. The van der Waals surface area contributed by atoms with Crippen molar-refractivity contribution in [3.63, 3.8) is 0 Å². The number of amides is 2. The molecule has 1 N–H and O–H groups in total. The van der Waals surface area contributed by atoms with Crippen LogP contribution in [0.3, 0.4) is 0 Å². The maximum atomic E-state index is 13.2. The fourth-order valence-corrected chi connectivity index (χ4v) is 3.57. The number of hydrogen-bond donors (Lipinski definition) is 1. The molecule has 0 bridgehead atoms. The second-order valence-corrected chi connectivity index (χ2v) is 7.61. The Kier molecular flexibility index (Phi) is 6.35. The standard InChI is InChI=1S/C25H25N3O4/c1-17-7-12-22-21(15-17)28(25(30)20-5-3-13-26-24(20)32-22)14-4-6-23(29)27-16-18-8-10-19(31-2)11-9-18/h3,5,7-13,15H,4,6,14,16H2,1-2H3,(H,27,29). The van der Waals surface area contributed by atoms with Crippen LogP contribution in [0.25, 0.3) is 0 Å². The summed E-state index contributed by atoms with van der Waals surface area (Å²) in [6.07, 6.45) is 2.42. The second kappa shape index (κ2) is 9.51. The summed E-state index contributed by atoms with van der Waals surface area (Å²) in [5, 5.41) is 2.92. The zero-order valence-electron chi connectivity index (χ0n) is 18.1. The predicted octanol–water partition coefficient (Wildman–Crippen LogP) is 4.25. The lowest BCUT2D eigenvalue weighted by molar-refractivity contribution is -0.121. The van der Waals surface area contributed by atoms with Crippen molar-refractivity contribution in [2.45, 2.75) is 26.3 Å². The summed E-state index contributed by atoms with van der Waals surface area (Å²) < 4.78 is 11.1.